The summed E-state index contributed by atoms with van der Waals surface area (Å²) in [6.07, 6.45) is 3.36. The normalized spacial score (nSPS) is 33.5. The van der Waals surface area contributed by atoms with Gasteiger partial charge in [0.05, 0.1) is 17.5 Å². The second-order valence-corrected chi connectivity index (χ2v) is 9.97. The van der Waals surface area contributed by atoms with Crippen LogP contribution in [0.15, 0.2) is 41.3 Å². The van der Waals surface area contributed by atoms with Gasteiger partial charge in [-0.3, -0.25) is 0 Å². The van der Waals surface area contributed by atoms with Gasteiger partial charge >= 0.3 is 0 Å². The fraction of sp³-hybridized carbons (Fsp3) is 0.619. The SMILES string of the molecule is C=C1[C@@H](C)CCC[C@]1(C)[C@@H]1OC[C@H](CC)N1S(=O)(=O)c1ccc(C)cc1. The van der Waals surface area contributed by atoms with Crippen molar-refractivity contribution in [1.29, 1.82) is 0 Å². The standard InChI is InChI=1S/C21H31NO3S/c1-6-18-14-25-20(21(5)13-7-8-16(3)17(21)4)22(18)26(23,24)19-11-9-15(2)10-12-19/h9-12,16,18,20H,4,6-8,13-14H2,1-3,5H3/t16-,18-,20-,21-/m0/s1. The molecule has 2 fully saturated rings. The Morgan fingerprint density at radius 3 is 2.58 bits per heavy atom. The molecule has 0 aromatic heterocycles. The summed E-state index contributed by atoms with van der Waals surface area (Å²) in [6, 6.07) is 6.97. The van der Waals surface area contributed by atoms with Crippen LogP contribution in [0.1, 0.15) is 52.0 Å². The molecule has 1 saturated carbocycles. The summed E-state index contributed by atoms with van der Waals surface area (Å²) in [4.78, 5) is 0.343. The largest absolute Gasteiger partial charge is 0.360 e. The Bertz CT molecular complexity index is 771. The van der Waals surface area contributed by atoms with E-state index in [0.717, 1.165) is 36.8 Å². The summed E-state index contributed by atoms with van der Waals surface area (Å²) in [5, 5.41) is 0. The highest BCUT2D eigenvalue weighted by Gasteiger charge is 2.53. The van der Waals surface area contributed by atoms with Crippen molar-refractivity contribution in [2.75, 3.05) is 6.61 Å². The van der Waals surface area contributed by atoms with Crippen molar-refractivity contribution in [3.63, 3.8) is 0 Å². The second-order valence-electron chi connectivity index (χ2n) is 8.13. The monoisotopic (exact) mass is 377 g/mol. The maximum absolute atomic E-state index is 13.5. The Labute approximate surface area is 158 Å². The van der Waals surface area contributed by atoms with E-state index in [-0.39, 0.29) is 11.5 Å². The van der Waals surface area contributed by atoms with Gasteiger partial charge in [-0.15, -0.1) is 0 Å². The smallest absolute Gasteiger partial charge is 0.245 e. The molecule has 5 heteroatoms. The van der Waals surface area contributed by atoms with Crippen molar-refractivity contribution in [2.45, 2.75) is 70.5 Å². The van der Waals surface area contributed by atoms with Crippen LogP contribution in [-0.2, 0) is 14.8 Å². The molecule has 1 aromatic rings. The number of nitrogens with zero attached hydrogens (tertiary/aromatic N) is 1. The molecule has 26 heavy (non-hydrogen) atoms. The molecular weight excluding hydrogens is 346 g/mol. The zero-order valence-electron chi connectivity index (χ0n) is 16.4. The summed E-state index contributed by atoms with van der Waals surface area (Å²) in [6.45, 7) is 13.1. The van der Waals surface area contributed by atoms with Gasteiger partial charge in [0, 0.05) is 5.41 Å². The summed E-state index contributed by atoms with van der Waals surface area (Å²) >= 11 is 0. The third-order valence-electron chi connectivity index (χ3n) is 6.31. The first-order valence-electron chi connectivity index (χ1n) is 9.63. The van der Waals surface area contributed by atoms with Gasteiger partial charge < -0.3 is 4.74 Å². The number of rotatable bonds is 4. The number of sulfonamides is 1. The maximum Gasteiger partial charge on any atom is 0.245 e. The van der Waals surface area contributed by atoms with E-state index >= 15 is 0 Å². The lowest BCUT2D eigenvalue weighted by Crippen LogP contribution is -2.51. The minimum Gasteiger partial charge on any atom is -0.360 e. The molecule has 0 spiro atoms. The molecule has 3 rings (SSSR count). The highest BCUT2D eigenvalue weighted by molar-refractivity contribution is 7.89. The zero-order chi connectivity index (χ0) is 19.1. The quantitative estimate of drug-likeness (QED) is 0.726. The Balaban J connectivity index is 2.03. The van der Waals surface area contributed by atoms with Crippen LogP contribution >= 0.6 is 0 Å². The predicted octanol–water partition coefficient (Wildman–Crippen LogP) is 4.50. The van der Waals surface area contributed by atoms with E-state index in [0.29, 0.717) is 17.4 Å². The van der Waals surface area contributed by atoms with E-state index in [1.54, 1.807) is 16.4 Å². The van der Waals surface area contributed by atoms with E-state index in [4.69, 9.17) is 4.74 Å². The van der Waals surface area contributed by atoms with Crippen molar-refractivity contribution < 1.29 is 13.2 Å². The molecule has 0 N–H and O–H groups in total. The highest BCUT2D eigenvalue weighted by atomic mass is 32.2. The van der Waals surface area contributed by atoms with E-state index in [1.165, 1.54) is 0 Å². The Kier molecular flexibility index (Phi) is 5.35. The van der Waals surface area contributed by atoms with Crippen LogP contribution in [0.25, 0.3) is 0 Å². The van der Waals surface area contributed by atoms with Crippen molar-refractivity contribution in [1.82, 2.24) is 4.31 Å². The molecule has 1 aliphatic carbocycles. The van der Waals surface area contributed by atoms with Crippen LogP contribution in [0.2, 0.25) is 0 Å². The van der Waals surface area contributed by atoms with E-state index < -0.39 is 16.3 Å². The summed E-state index contributed by atoms with van der Waals surface area (Å²) in [7, 11) is -3.63. The fourth-order valence-corrected chi connectivity index (χ4v) is 6.28. The van der Waals surface area contributed by atoms with E-state index in [2.05, 4.69) is 20.4 Å². The molecule has 0 radical (unpaired) electrons. The van der Waals surface area contributed by atoms with Gasteiger partial charge in [-0.1, -0.05) is 57.0 Å². The van der Waals surface area contributed by atoms with Crippen molar-refractivity contribution in [3.05, 3.63) is 42.0 Å². The first-order valence-corrected chi connectivity index (χ1v) is 11.1. The summed E-state index contributed by atoms with van der Waals surface area (Å²) in [5.74, 6) is 0.391. The number of ether oxygens (including phenoxy) is 1. The lowest BCUT2D eigenvalue weighted by Gasteiger charge is -2.46. The topological polar surface area (TPSA) is 46.6 Å². The van der Waals surface area contributed by atoms with Crippen LogP contribution in [-0.4, -0.2) is 31.6 Å². The number of hydrogen-bond acceptors (Lipinski definition) is 3. The Morgan fingerprint density at radius 1 is 1.31 bits per heavy atom. The highest BCUT2D eigenvalue weighted by Crippen LogP contribution is 2.50. The van der Waals surface area contributed by atoms with E-state index in [1.807, 2.05) is 26.0 Å². The molecule has 1 aromatic carbocycles. The second kappa shape index (κ2) is 7.10. The molecule has 144 valence electrons. The minimum atomic E-state index is -3.63. The average molecular weight is 378 g/mol. The molecule has 0 amide bonds. The zero-order valence-corrected chi connectivity index (χ0v) is 17.2. The van der Waals surface area contributed by atoms with Crippen LogP contribution in [0.4, 0.5) is 0 Å². The molecule has 0 bridgehead atoms. The van der Waals surface area contributed by atoms with Crippen molar-refractivity contribution in [2.24, 2.45) is 11.3 Å². The molecule has 4 atom stereocenters. The average Bonchev–Trinajstić information content (AvgIpc) is 3.05. The van der Waals surface area contributed by atoms with Crippen molar-refractivity contribution in [3.8, 4) is 0 Å². The Morgan fingerprint density at radius 2 is 1.96 bits per heavy atom. The van der Waals surface area contributed by atoms with Crippen LogP contribution < -0.4 is 0 Å². The molecule has 4 nitrogen and oxygen atoms in total. The molecule has 1 heterocycles. The first kappa shape index (κ1) is 19.6. The van der Waals surface area contributed by atoms with Gasteiger partial charge in [-0.2, -0.15) is 4.31 Å². The van der Waals surface area contributed by atoms with Gasteiger partial charge in [0.1, 0.15) is 6.23 Å². The van der Waals surface area contributed by atoms with Gasteiger partial charge in [0.25, 0.3) is 0 Å². The molecular formula is C21H31NO3S. The summed E-state index contributed by atoms with van der Waals surface area (Å²) < 4.78 is 34.8. The lowest BCUT2D eigenvalue weighted by molar-refractivity contribution is -0.0320. The van der Waals surface area contributed by atoms with Gasteiger partial charge in [0.15, 0.2) is 0 Å². The van der Waals surface area contributed by atoms with Gasteiger partial charge in [-0.05, 0) is 44.2 Å². The third-order valence-corrected chi connectivity index (χ3v) is 8.22. The van der Waals surface area contributed by atoms with E-state index in [9.17, 15) is 8.42 Å². The fourth-order valence-electron chi connectivity index (χ4n) is 4.41. The molecule has 0 unspecified atom stereocenters. The van der Waals surface area contributed by atoms with Crippen LogP contribution in [0, 0.1) is 18.3 Å². The van der Waals surface area contributed by atoms with Crippen molar-refractivity contribution >= 4 is 10.0 Å². The number of aryl methyl sites for hydroxylation is 1. The van der Waals surface area contributed by atoms with Crippen LogP contribution in [0.3, 0.4) is 0 Å². The molecule has 1 aliphatic heterocycles. The number of hydrogen-bond donors (Lipinski definition) is 0. The minimum absolute atomic E-state index is 0.131. The van der Waals surface area contributed by atoms with Gasteiger partial charge in [0.2, 0.25) is 10.0 Å². The molecule has 1 saturated heterocycles. The summed E-state index contributed by atoms with van der Waals surface area (Å²) in [5.41, 5.74) is 1.82. The molecule has 2 aliphatic rings. The van der Waals surface area contributed by atoms with Crippen LogP contribution in [0.5, 0.6) is 0 Å². The first-order chi connectivity index (χ1) is 12.2. The Hall–Kier alpha value is -1.17. The number of benzene rings is 1. The maximum atomic E-state index is 13.5. The predicted molar refractivity (Wildman–Crippen MR) is 104 cm³/mol. The van der Waals surface area contributed by atoms with Gasteiger partial charge in [-0.25, -0.2) is 8.42 Å². The lowest BCUT2D eigenvalue weighted by atomic mass is 9.67. The third kappa shape index (κ3) is 3.14.